The van der Waals surface area contributed by atoms with E-state index in [1.165, 1.54) is 11.8 Å². The van der Waals surface area contributed by atoms with Crippen LogP contribution in [0.4, 0.5) is 5.69 Å². The molecule has 0 bridgehead atoms. The van der Waals surface area contributed by atoms with E-state index in [9.17, 15) is 4.79 Å². The van der Waals surface area contributed by atoms with Crippen LogP contribution in [-0.4, -0.2) is 26.4 Å². The minimum Gasteiger partial charge on any atom is -0.324 e. The number of hydrogen-bond donors (Lipinski definition) is 1. The Labute approximate surface area is 187 Å². The van der Waals surface area contributed by atoms with Crippen LogP contribution < -0.4 is 5.32 Å². The van der Waals surface area contributed by atoms with Crippen LogP contribution in [0.25, 0.3) is 5.69 Å². The van der Waals surface area contributed by atoms with Crippen LogP contribution >= 0.6 is 35.1 Å². The Bertz CT molecular complexity index is 1150. The number of anilines is 1. The number of thioether (sulfide) groups is 1. The molecule has 1 aromatic heterocycles. The lowest BCUT2D eigenvalue weighted by Gasteiger charge is -2.11. The summed E-state index contributed by atoms with van der Waals surface area (Å²) in [5, 5.41) is 12.3. The van der Waals surface area contributed by atoms with Crippen LogP contribution in [-0.2, 0) is 4.79 Å². The highest BCUT2D eigenvalue weighted by atomic mass is 35.5. The van der Waals surface area contributed by atoms with Gasteiger partial charge in [-0.1, -0.05) is 71.5 Å². The highest BCUT2D eigenvalue weighted by Crippen LogP contribution is 2.33. The van der Waals surface area contributed by atoms with Crippen LogP contribution in [0.15, 0.2) is 100 Å². The first-order valence-electron chi connectivity index (χ1n) is 9.09. The monoisotopic (exact) mass is 452 g/mol. The fourth-order valence-electron chi connectivity index (χ4n) is 2.72. The molecule has 0 unspecified atom stereocenters. The molecule has 0 aliphatic rings. The van der Waals surface area contributed by atoms with Crippen molar-refractivity contribution in [2.75, 3.05) is 11.1 Å². The summed E-state index contributed by atoms with van der Waals surface area (Å²) in [7, 11) is 0. The van der Waals surface area contributed by atoms with Gasteiger partial charge in [0.2, 0.25) is 5.91 Å². The minimum absolute atomic E-state index is 0.109. The molecule has 4 aromatic rings. The quantitative estimate of drug-likeness (QED) is 0.359. The van der Waals surface area contributed by atoms with Crippen LogP contribution in [0.2, 0.25) is 5.02 Å². The molecule has 0 radical (unpaired) electrons. The topological polar surface area (TPSA) is 59.8 Å². The number of carbonyl (C=O) groups excluding carboxylic acids is 1. The second kappa shape index (κ2) is 9.84. The molecule has 3 aromatic carbocycles. The lowest BCUT2D eigenvalue weighted by Crippen LogP contribution is -2.15. The maximum atomic E-state index is 12.6. The zero-order valence-corrected chi connectivity index (χ0v) is 18.1. The van der Waals surface area contributed by atoms with Gasteiger partial charge in [0, 0.05) is 14.8 Å². The van der Waals surface area contributed by atoms with E-state index < -0.39 is 0 Å². The summed E-state index contributed by atoms with van der Waals surface area (Å²) < 4.78 is 1.81. The van der Waals surface area contributed by atoms with Gasteiger partial charge in [0.15, 0.2) is 5.16 Å². The van der Waals surface area contributed by atoms with Crippen molar-refractivity contribution in [3.63, 3.8) is 0 Å². The van der Waals surface area contributed by atoms with E-state index >= 15 is 0 Å². The number of carbonyl (C=O) groups is 1. The first kappa shape index (κ1) is 20.5. The predicted octanol–water partition coefficient (Wildman–Crippen LogP) is 5.80. The molecule has 1 N–H and O–H groups in total. The SMILES string of the molecule is O=C(CSc1nncn1-c1cccc(Cl)c1)Nc1ccccc1Sc1ccccc1. The number of rotatable bonds is 7. The number of nitrogens with zero attached hydrogens (tertiary/aromatic N) is 3. The van der Waals surface area contributed by atoms with E-state index in [0.717, 1.165) is 21.2 Å². The van der Waals surface area contributed by atoms with Crippen molar-refractivity contribution in [2.24, 2.45) is 0 Å². The van der Waals surface area contributed by atoms with Crippen LogP contribution in [0.1, 0.15) is 0 Å². The number of aromatic nitrogens is 3. The zero-order valence-electron chi connectivity index (χ0n) is 15.7. The fraction of sp³-hybridized carbons (Fsp3) is 0.0455. The molecule has 0 aliphatic carbocycles. The van der Waals surface area contributed by atoms with Crippen molar-refractivity contribution in [1.82, 2.24) is 14.8 Å². The molecule has 8 heteroatoms. The van der Waals surface area contributed by atoms with Gasteiger partial charge < -0.3 is 5.32 Å². The molecule has 0 atom stereocenters. The van der Waals surface area contributed by atoms with Gasteiger partial charge >= 0.3 is 0 Å². The van der Waals surface area contributed by atoms with Crippen molar-refractivity contribution >= 4 is 46.7 Å². The number of halogens is 1. The molecule has 0 saturated carbocycles. The average molecular weight is 453 g/mol. The third-order valence-electron chi connectivity index (χ3n) is 4.07. The van der Waals surface area contributed by atoms with Gasteiger partial charge in [-0.05, 0) is 42.5 Å². The molecule has 5 nitrogen and oxygen atoms in total. The maximum absolute atomic E-state index is 12.6. The first-order valence-corrected chi connectivity index (χ1v) is 11.3. The summed E-state index contributed by atoms with van der Waals surface area (Å²) in [5.41, 5.74) is 1.63. The predicted molar refractivity (Wildman–Crippen MR) is 123 cm³/mol. The number of hydrogen-bond acceptors (Lipinski definition) is 5. The summed E-state index contributed by atoms with van der Waals surface area (Å²) >= 11 is 9.01. The molecule has 30 heavy (non-hydrogen) atoms. The maximum Gasteiger partial charge on any atom is 0.234 e. The molecule has 150 valence electrons. The molecular weight excluding hydrogens is 436 g/mol. The van der Waals surface area contributed by atoms with Gasteiger partial charge in [0.1, 0.15) is 6.33 Å². The first-order chi connectivity index (χ1) is 14.7. The van der Waals surface area contributed by atoms with Crippen molar-refractivity contribution in [3.8, 4) is 5.69 Å². The van der Waals surface area contributed by atoms with Gasteiger partial charge in [-0.2, -0.15) is 0 Å². The molecular formula is C22H17ClN4OS2. The molecule has 1 heterocycles. The van der Waals surface area contributed by atoms with Crippen molar-refractivity contribution in [1.29, 1.82) is 0 Å². The van der Waals surface area contributed by atoms with E-state index in [4.69, 9.17) is 11.6 Å². The summed E-state index contributed by atoms with van der Waals surface area (Å²) in [6.07, 6.45) is 1.61. The Morgan fingerprint density at radius 2 is 1.80 bits per heavy atom. The molecule has 0 fully saturated rings. The number of amides is 1. The summed E-state index contributed by atoms with van der Waals surface area (Å²) in [5.74, 6) is 0.102. The van der Waals surface area contributed by atoms with Crippen LogP contribution in [0.5, 0.6) is 0 Å². The Balaban J connectivity index is 1.42. The largest absolute Gasteiger partial charge is 0.324 e. The smallest absolute Gasteiger partial charge is 0.234 e. The highest BCUT2D eigenvalue weighted by Gasteiger charge is 2.12. The van der Waals surface area contributed by atoms with Crippen molar-refractivity contribution in [3.05, 3.63) is 90.2 Å². The van der Waals surface area contributed by atoms with E-state index in [2.05, 4.69) is 15.5 Å². The van der Waals surface area contributed by atoms with Crippen LogP contribution in [0.3, 0.4) is 0 Å². The second-order valence-electron chi connectivity index (χ2n) is 6.21. The zero-order chi connectivity index (χ0) is 20.8. The Morgan fingerprint density at radius 1 is 1.00 bits per heavy atom. The lowest BCUT2D eigenvalue weighted by atomic mass is 10.3. The standard InChI is InChI=1S/C22H17ClN4OS2/c23-16-7-6-8-17(13-16)27-15-24-26-22(27)29-14-21(28)25-19-11-4-5-12-20(19)30-18-9-2-1-3-10-18/h1-13,15H,14H2,(H,25,28). The van der Waals surface area contributed by atoms with Gasteiger partial charge in [-0.15, -0.1) is 10.2 Å². The normalized spacial score (nSPS) is 10.7. The molecule has 0 saturated heterocycles. The molecule has 4 rings (SSSR count). The van der Waals surface area contributed by atoms with Crippen molar-refractivity contribution in [2.45, 2.75) is 14.9 Å². The van der Waals surface area contributed by atoms with Gasteiger partial charge in [0.25, 0.3) is 0 Å². The number of nitrogens with one attached hydrogen (secondary N) is 1. The second-order valence-corrected chi connectivity index (χ2v) is 8.71. The third kappa shape index (κ3) is 5.24. The average Bonchev–Trinajstić information content (AvgIpc) is 3.23. The Kier molecular flexibility index (Phi) is 6.74. The van der Waals surface area contributed by atoms with E-state index in [0.29, 0.717) is 10.2 Å². The highest BCUT2D eigenvalue weighted by molar-refractivity contribution is 8.00. The third-order valence-corrected chi connectivity index (χ3v) is 6.33. The Morgan fingerprint density at radius 3 is 2.63 bits per heavy atom. The van der Waals surface area contributed by atoms with Crippen molar-refractivity contribution < 1.29 is 4.79 Å². The summed E-state index contributed by atoms with van der Waals surface area (Å²) in [6, 6.07) is 25.2. The van der Waals surface area contributed by atoms with Crippen LogP contribution in [0, 0.1) is 0 Å². The molecule has 0 aliphatic heterocycles. The van der Waals surface area contributed by atoms with E-state index in [1.807, 2.05) is 77.4 Å². The Hall–Kier alpha value is -2.74. The lowest BCUT2D eigenvalue weighted by molar-refractivity contribution is -0.113. The van der Waals surface area contributed by atoms with Gasteiger partial charge in [-0.25, -0.2) is 0 Å². The molecule has 0 spiro atoms. The van der Waals surface area contributed by atoms with E-state index in [-0.39, 0.29) is 11.7 Å². The summed E-state index contributed by atoms with van der Waals surface area (Å²) in [6.45, 7) is 0. The van der Waals surface area contributed by atoms with Gasteiger partial charge in [0.05, 0.1) is 17.1 Å². The van der Waals surface area contributed by atoms with Gasteiger partial charge in [-0.3, -0.25) is 9.36 Å². The number of para-hydroxylation sites is 1. The fourth-order valence-corrected chi connectivity index (χ4v) is 4.55. The molecule has 1 amide bonds. The minimum atomic E-state index is -0.109. The summed E-state index contributed by atoms with van der Waals surface area (Å²) in [4.78, 5) is 14.7. The van der Waals surface area contributed by atoms with E-state index in [1.54, 1.807) is 24.2 Å². The number of benzene rings is 3.